The number of β-amino-alcohol motifs (C(OH)–C–C–N with tert-alkyl or cyclic N) is 1. The molecule has 1 saturated heterocycles. The molecule has 2 atom stereocenters. The van der Waals surface area contributed by atoms with E-state index in [4.69, 9.17) is 9.47 Å². The second-order valence-corrected chi connectivity index (χ2v) is 6.72. The molecule has 1 aromatic carbocycles. The summed E-state index contributed by atoms with van der Waals surface area (Å²) in [5.74, 6) is 0.355. The third-order valence-electron chi connectivity index (χ3n) is 3.97. The first kappa shape index (κ1) is 19.1. The molecule has 1 aliphatic rings. The third kappa shape index (κ3) is 4.85. The molecule has 25 heavy (non-hydrogen) atoms. The van der Waals surface area contributed by atoms with Crippen LogP contribution in [0.25, 0.3) is 0 Å². The van der Waals surface area contributed by atoms with Gasteiger partial charge in [0.2, 0.25) is 5.91 Å². The largest absolute Gasteiger partial charge is 0.495 e. The number of carbonyl (C=O) groups excluding carboxylic acids is 2. The minimum atomic E-state index is -0.778. The predicted molar refractivity (Wildman–Crippen MR) is 93.7 cm³/mol. The number of rotatable bonds is 5. The molecule has 1 fully saturated rings. The van der Waals surface area contributed by atoms with Gasteiger partial charge in [0.1, 0.15) is 11.8 Å². The van der Waals surface area contributed by atoms with E-state index in [2.05, 4.69) is 5.32 Å². The maximum Gasteiger partial charge on any atom is 0.410 e. The number of carbonyl (C=O) groups is 2. The number of likely N-dealkylation sites (tertiary alicyclic amines) is 1. The number of hydrogen-bond donors (Lipinski definition) is 2. The number of benzene rings is 1. The number of nitrogens with one attached hydrogen (secondary N) is 1. The van der Waals surface area contributed by atoms with Crippen molar-refractivity contribution in [1.29, 1.82) is 0 Å². The zero-order valence-corrected chi connectivity index (χ0v) is 15.1. The molecular weight excluding hydrogens is 324 g/mol. The van der Waals surface area contributed by atoms with Crippen LogP contribution in [0.3, 0.4) is 0 Å². The molecule has 0 unspecified atom stereocenters. The highest BCUT2D eigenvalue weighted by molar-refractivity contribution is 5.98. The summed E-state index contributed by atoms with van der Waals surface area (Å²) in [5.41, 5.74) is 1.50. The van der Waals surface area contributed by atoms with E-state index in [9.17, 15) is 14.7 Å². The van der Waals surface area contributed by atoms with Crippen molar-refractivity contribution < 1.29 is 24.2 Å². The van der Waals surface area contributed by atoms with E-state index < -0.39 is 18.2 Å². The Morgan fingerprint density at radius 3 is 2.76 bits per heavy atom. The van der Waals surface area contributed by atoms with Gasteiger partial charge in [-0.2, -0.15) is 0 Å². The molecule has 0 saturated carbocycles. The lowest BCUT2D eigenvalue weighted by Gasteiger charge is -2.24. The number of nitrogens with zero attached hydrogens (tertiary/aromatic N) is 1. The fourth-order valence-corrected chi connectivity index (χ4v) is 2.72. The first-order chi connectivity index (χ1) is 11.8. The summed E-state index contributed by atoms with van der Waals surface area (Å²) < 4.78 is 10.5. The van der Waals surface area contributed by atoms with Gasteiger partial charge in [-0.25, -0.2) is 4.79 Å². The molecule has 1 aromatic rings. The van der Waals surface area contributed by atoms with Crippen molar-refractivity contribution in [2.75, 3.05) is 25.6 Å². The zero-order valence-electron chi connectivity index (χ0n) is 15.1. The molecular formula is C18H26N2O5. The predicted octanol–water partition coefficient (Wildman–Crippen LogP) is 2.17. The number of aryl methyl sites for hydroxylation is 1. The van der Waals surface area contributed by atoms with Gasteiger partial charge >= 0.3 is 6.09 Å². The van der Waals surface area contributed by atoms with E-state index in [-0.39, 0.29) is 31.4 Å². The number of ether oxygens (including phenoxy) is 2. The molecule has 0 bridgehead atoms. The molecule has 1 aliphatic heterocycles. The van der Waals surface area contributed by atoms with Crippen LogP contribution >= 0.6 is 0 Å². The molecule has 2 amide bonds. The number of amides is 2. The fraction of sp³-hybridized carbons (Fsp3) is 0.556. The van der Waals surface area contributed by atoms with Crippen LogP contribution in [0.2, 0.25) is 0 Å². The SMILES string of the molecule is COc1ccc(C)cc1NC(=O)[C@@H]1C[C@H](O)CN1C(=O)OCC(C)C. The Morgan fingerprint density at radius 1 is 1.40 bits per heavy atom. The normalized spacial score (nSPS) is 19.8. The minimum Gasteiger partial charge on any atom is -0.495 e. The third-order valence-corrected chi connectivity index (χ3v) is 3.97. The Labute approximate surface area is 147 Å². The van der Waals surface area contributed by atoms with Crippen LogP contribution in [0.5, 0.6) is 5.75 Å². The van der Waals surface area contributed by atoms with E-state index in [1.165, 1.54) is 12.0 Å². The first-order valence-corrected chi connectivity index (χ1v) is 8.38. The molecule has 0 spiro atoms. The van der Waals surface area contributed by atoms with Gasteiger partial charge < -0.3 is 19.9 Å². The highest BCUT2D eigenvalue weighted by atomic mass is 16.6. The van der Waals surface area contributed by atoms with E-state index in [1.54, 1.807) is 12.1 Å². The second kappa shape index (κ2) is 8.20. The quantitative estimate of drug-likeness (QED) is 0.850. The van der Waals surface area contributed by atoms with Crippen LogP contribution in [0, 0.1) is 12.8 Å². The number of hydrogen-bond acceptors (Lipinski definition) is 5. The van der Waals surface area contributed by atoms with Crippen molar-refractivity contribution in [1.82, 2.24) is 4.90 Å². The Balaban J connectivity index is 2.11. The van der Waals surface area contributed by atoms with Crippen LogP contribution in [-0.2, 0) is 9.53 Å². The van der Waals surface area contributed by atoms with Crippen LogP contribution in [0.1, 0.15) is 25.8 Å². The number of aliphatic hydroxyl groups excluding tert-OH is 1. The Kier molecular flexibility index (Phi) is 6.25. The summed E-state index contributed by atoms with van der Waals surface area (Å²) in [6.45, 7) is 6.12. The zero-order chi connectivity index (χ0) is 18.6. The average molecular weight is 350 g/mol. The van der Waals surface area contributed by atoms with Crippen molar-refractivity contribution in [3.05, 3.63) is 23.8 Å². The fourth-order valence-electron chi connectivity index (χ4n) is 2.72. The number of aliphatic hydroxyl groups is 1. The smallest absolute Gasteiger partial charge is 0.410 e. The van der Waals surface area contributed by atoms with Crippen LogP contribution in [-0.4, -0.2) is 54.4 Å². The van der Waals surface area contributed by atoms with Gasteiger partial charge in [0.25, 0.3) is 0 Å². The van der Waals surface area contributed by atoms with Gasteiger partial charge in [-0.05, 0) is 30.5 Å². The maximum atomic E-state index is 12.7. The van der Waals surface area contributed by atoms with Crippen molar-refractivity contribution >= 4 is 17.7 Å². The Morgan fingerprint density at radius 2 is 2.12 bits per heavy atom. The second-order valence-electron chi connectivity index (χ2n) is 6.72. The monoisotopic (exact) mass is 350 g/mol. The summed E-state index contributed by atoms with van der Waals surface area (Å²) in [5, 5.41) is 12.7. The van der Waals surface area contributed by atoms with Gasteiger partial charge in [-0.1, -0.05) is 19.9 Å². The van der Waals surface area contributed by atoms with Crippen LogP contribution < -0.4 is 10.1 Å². The van der Waals surface area contributed by atoms with Crippen molar-refractivity contribution in [2.45, 2.75) is 39.3 Å². The highest BCUT2D eigenvalue weighted by Gasteiger charge is 2.40. The molecule has 0 aliphatic carbocycles. The van der Waals surface area contributed by atoms with Gasteiger partial charge in [0, 0.05) is 6.42 Å². The summed E-state index contributed by atoms with van der Waals surface area (Å²) >= 11 is 0. The standard InChI is InChI=1S/C18H26N2O5/c1-11(2)10-25-18(23)20-9-13(21)8-15(20)17(22)19-14-7-12(3)5-6-16(14)24-4/h5-7,11,13,15,21H,8-10H2,1-4H3,(H,19,22)/t13-,15-/m0/s1. The van der Waals surface area contributed by atoms with E-state index >= 15 is 0 Å². The number of methoxy groups -OCH3 is 1. The summed E-state index contributed by atoms with van der Waals surface area (Å²) in [7, 11) is 1.52. The van der Waals surface area contributed by atoms with Gasteiger partial charge in [0.05, 0.1) is 32.1 Å². The average Bonchev–Trinajstić information content (AvgIpc) is 2.95. The summed E-state index contributed by atoms with van der Waals surface area (Å²) in [4.78, 5) is 26.2. The van der Waals surface area contributed by atoms with Crippen LogP contribution in [0.4, 0.5) is 10.5 Å². The molecule has 0 aromatic heterocycles. The summed E-state index contributed by atoms with van der Waals surface area (Å²) in [6.07, 6.45) is -1.15. The van der Waals surface area contributed by atoms with Crippen LogP contribution in [0.15, 0.2) is 18.2 Å². The molecule has 7 nitrogen and oxygen atoms in total. The molecule has 138 valence electrons. The first-order valence-electron chi connectivity index (χ1n) is 8.38. The Hall–Kier alpha value is -2.28. The van der Waals surface area contributed by atoms with E-state index in [0.717, 1.165) is 5.56 Å². The van der Waals surface area contributed by atoms with Gasteiger partial charge in [0.15, 0.2) is 0 Å². The van der Waals surface area contributed by atoms with Gasteiger partial charge in [-0.15, -0.1) is 0 Å². The lowest BCUT2D eigenvalue weighted by Crippen LogP contribution is -2.43. The summed E-state index contributed by atoms with van der Waals surface area (Å²) in [6, 6.07) is 4.66. The lowest BCUT2D eigenvalue weighted by atomic mass is 10.1. The van der Waals surface area contributed by atoms with E-state index in [1.807, 2.05) is 26.8 Å². The molecule has 1 heterocycles. The van der Waals surface area contributed by atoms with Gasteiger partial charge in [-0.3, -0.25) is 9.69 Å². The minimum absolute atomic E-state index is 0.0833. The number of anilines is 1. The maximum absolute atomic E-state index is 12.7. The van der Waals surface area contributed by atoms with Crippen molar-refractivity contribution in [3.63, 3.8) is 0 Å². The Bertz CT molecular complexity index is 632. The molecule has 7 heteroatoms. The highest BCUT2D eigenvalue weighted by Crippen LogP contribution is 2.27. The molecule has 2 rings (SSSR count). The molecule has 2 N–H and O–H groups in total. The van der Waals surface area contributed by atoms with E-state index in [0.29, 0.717) is 11.4 Å². The topological polar surface area (TPSA) is 88.1 Å². The van der Waals surface area contributed by atoms with Crippen molar-refractivity contribution in [3.8, 4) is 5.75 Å². The molecule has 0 radical (unpaired) electrons. The lowest BCUT2D eigenvalue weighted by molar-refractivity contribution is -0.120. The van der Waals surface area contributed by atoms with Crippen molar-refractivity contribution in [2.24, 2.45) is 5.92 Å².